The number of benzene rings is 2. The second kappa shape index (κ2) is 6.70. The maximum atomic E-state index is 11.0. The van der Waals surface area contributed by atoms with Gasteiger partial charge < -0.3 is 0 Å². The van der Waals surface area contributed by atoms with Crippen LogP contribution in [0.1, 0.15) is 16.7 Å². The van der Waals surface area contributed by atoms with Gasteiger partial charge in [0.1, 0.15) is 0 Å². The van der Waals surface area contributed by atoms with E-state index in [0.29, 0.717) is 6.54 Å². The quantitative estimate of drug-likeness (QED) is 0.643. The molecule has 1 heterocycles. The summed E-state index contributed by atoms with van der Waals surface area (Å²) in [5.74, 6) is 0. The molecule has 0 aromatic heterocycles. The van der Waals surface area contributed by atoms with E-state index in [2.05, 4.69) is 23.1 Å². The fourth-order valence-corrected chi connectivity index (χ4v) is 2.75. The number of hydrogen-bond donors (Lipinski definition) is 0. The number of nitrogens with zero attached hydrogens (tertiary/aromatic N) is 2. The molecular weight excluding hydrogens is 288 g/mol. The Balaban J connectivity index is 0.00000161. The van der Waals surface area contributed by atoms with Gasteiger partial charge in [-0.2, -0.15) is 0 Å². The van der Waals surface area contributed by atoms with E-state index in [1.807, 2.05) is 18.2 Å². The molecule has 0 unspecified atom stereocenters. The van der Waals surface area contributed by atoms with Gasteiger partial charge in [-0.1, -0.05) is 42.5 Å². The van der Waals surface area contributed by atoms with Gasteiger partial charge in [0.15, 0.2) is 0 Å². The van der Waals surface area contributed by atoms with Crippen LogP contribution in [0.25, 0.3) is 0 Å². The first-order valence-electron chi connectivity index (χ1n) is 6.75. The Bertz CT molecular complexity index is 646. The van der Waals surface area contributed by atoms with Crippen molar-refractivity contribution in [2.75, 3.05) is 6.54 Å². The number of fused-ring (bicyclic) bond motifs is 1. The van der Waals surface area contributed by atoms with Crippen molar-refractivity contribution in [3.63, 3.8) is 0 Å². The van der Waals surface area contributed by atoms with Crippen molar-refractivity contribution in [2.45, 2.75) is 19.5 Å². The molecule has 21 heavy (non-hydrogen) atoms. The Morgan fingerprint density at radius 1 is 1.05 bits per heavy atom. The minimum Gasteiger partial charge on any atom is -0.294 e. The van der Waals surface area contributed by atoms with Crippen LogP contribution in [-0.4, -0.2) is 16.4 Å². The Morgan fingerprint density at radius 2 is 1.71 bits per heavy atom. The Kier molecular flexibility index (Phi) is 4.94. The van der Waals surface area contributed by atoms with Crippen LogP contribution in [0, 0.1) is 10.1 Å². The van der Waals surface area contributed by atoms with Gasteiger partial charge in [0, 0.05) is 31.3 Å². The molecule has 2 aromatic rings. The van der Waals surface area contributed by atoms with Gasteiger partial charge in [0.2, 0.25) is 0 Å². The van der Waals surface area contributed by atoms with Crippen LogP contribution in [0.3, 0.4) is 0 Å². The highest BCUT2D eigenvalue weighted by Gasteiger charge is 2.19. The molecule has 0 radical (unpaired) electrons. The summed E-state index contributed by atoms with van der Waals surface area (Å²) in [6, 6.07) is 15.4. The highest BCUT2D eigenvalue weighted by Crippen LogP contribution is 2.24. The summed E-state index contributed by atoms with van der Waals surface area (Å²) >= 11 is 0. The predicted octanol–water partition coefficient (Wildman–Crippen LogP) is 3.57. The van der Waals surface area contributed by atoms with Gasteiger partial charge in [-0.25, -0.2) is 0 Å². The van der Waals surface area contributed by atoms with Crippen LogP contribution in [0.4, 0.5) is 5.69 Å². The molecule has 2 aromatic carbocycles. The fraction of sp³-hybridized carbons (Fsp3) is 0.250. The number of rotatable bonds is 3. The van der Waals surface area contributed by atoms with Gasteiger partial charge in [-0.15, -0.1) is 12.4 Å². The lowest BCUT2D eigenvalue weighted by atomic mass is 9.99. The summed E-state index contributed by atoms with van der Waals surface area (Å²) < 4.78 is 0. The smallest absolute Gasteiger partial charge is 0.273 e. The van der Waals surface area contributed by atoms with Crippen molar-refractivity contribution in [3.05, 3.63) is 75.3 Å². The van der Waals surface area contributed by atoms with Gasteiger partial charge >= 0.3 is 0 Å². The predicted molar refractivity (Wildman–Crippen MR) is 84.6 cm³/mol. The molecule has 0 saturated carbocycles. The lowest BCUT2D eigenvalue weighted by Gasteiger charge is -2.28. The number of para-hydroxylation sites is 1. The summed E-state index contributed by atoms with van der Waals surface area (Å²) in [6.45, 7) is 2.44. The first kappa shape index (κ1) is 15.5. The highest BCUT2D eigenvalue weighted by atomic mass is 35.5. The maximum absolute atomic E-state index is 11.0. The van der Waals surface area contributed by atoms with E-state index in [1.54, 1.807) is 12.1 Å². The zero-order valence-corrected chi connectivity index (χ0v) is 12.4. The average Bonchev–Trinajstić information content (AvgIpc) is 2.47. The Morgan fingerprint density at radius 3 is 2.48 bits per heavy atom. The summed E-state index contributed by atoms with van der Waals surface area (Å²) in [6.07, 6.45) is 1.01. The first-order chi connectivity index (χ1) is 9.74. The lowest BCUT2D eigenvalue weighted by Crippen LogP contribution is -2.30. The van der Waals surface area contributed by atoms with E-state index < -0.39 is 0 Å². The SMILES string of the molecule is Cl.O=[N+]([O-])c1ccccc1CN1CCc2ccccc2C1. The van der Waals surface area contributed by atoms with Gasteiger partial charge in [0.05, 0.1) is 4.92 Å². The minimum atomic E-state index is -0.298. The van der Waals surface area contributed by atoms with Crippen molar-refractivity contribution in [2.24, 2.45) is 0 Å². The van der Waals surface area contributed by atoms with E-state index in [1.165, 1.54) is 11.1 Å². The standard InChI is InChI=1S/C16H16N2O2.ClH/c19-18(20)16-8-4-3-7-15(16)12-17-10-9-13-5-1-2-6-14(13)11-17;/h1-8H,9-12H2;1H. The van der Waals surface area contributed by atoms with Crippen LogP contribution >= 0.6 is 12.4 Å². The number of nitro benzene ring substituents is 1. The number of halogens is 1. The topological polar surface area (TPSA) is 46.4 Å². The van der Waals surface area contributed by atoms with Crippen LogP contribution in [0.5, 0.6) is 0 Å². The largest absolute Gasteiger partial charge is 0.294 e. The minimum absolute atomic E-state index is 0. The van der Waals surface area contributed by atoms with Gasteiger partial charge in [-0.3, -0.25) is 15.0 Å². The molecule has 1 aliphatic rings. The number of nitro groups is 1. The van der Waals surface area contributed by atoms with Crippen molar-refractivity contribution in [1.29, 1.82) is 0 Å². The average molecular weight is 305 g/mol. The summed E-state index contributed by atoms with van der Waals surface area (Å²) in [5.41, 5.74) is 3.73. The second-order valence-electron chi connectivity index (χ2n) is 5.12. The molecular formula is C16H17ClN2O2. The van der Waals surface area contributed by atoms with E-state index in [0.717, 1.165) is 25.1 Å². The normalized spacial score (nSPS) is 14.1. The van der Waals surface area contributed by atoms with Crippen LogP contribution in [-0.2, 0) is 19.5 Å². The summed E-state index contributed by atoms with van der Waals surface area (Å²) in [4.78, 5) is 13.0. The Hall–Kier alpha value is -1.91. The van der Waals surface area contributed by atoms with Crippen LogP contribution < -0.4 is 0 Å². The summed E-state index contributed by atoms with van der Waals surface area (Å²) in [5, 5.41) is 11.0. The van der Waals surface area contributed by atoms with Crippen molar-refractivity contribution in [1.82, 2.24) is 4.90 Å². The molecule has 0 aliphatic carbocycles. The first-order valence-corrected chi connectivity index (χ1v) is 6.75. The second-order valence-corrected chi connectivity index (χ2v) is 5.12. The van der Waals surface area contributed by atoms with E-state index >= 15 is 0 Å². The summed E-state index contributed by atoms with van der Waals surface area (Å²) in [7, 11) is 0. The lowest BCUT2D eigenvalue weighted by molar-refractivity contribution is -0.385. The Labute approximate surface area is 130 Å². The highest BCUT2D eigenvalue weighted by molar-refractivity contribution is 5.85. The molecule has 0 atom stereocenters. The maximum Gasteiger partial charge on any atom is 0.273 e. The molecule has 0 amide bonds. The molecule has 0 bridgehead atoms. The van der Waals surface area contributed by atoms with E-state index in [9.17, 15) is 10.1 Å². The zero-order chi connectivity index (χ0) is 13.9. The number of hydrogen-bond acceptors (Lipinski definition) is 3. The van der Waals surface area contributed by atoms with Crippen LogP contribution in [0.15, 0.2) is 48.5 Å². The third-order valence-corrected chi connectivity index (χ3v) is 3.79. The van der Waals surface area contributed by atoms with Crippen LogP contribution in [0.2, 0.25) is 0 Å². The van der Waals surface area contributed by atoms with Crippen molar-refractivity contribution in [3.8, 4) is 0 Å². The van der Waals surface area contributed by atoms with Crippen molar-refractivity contribution < 1.29 is 4.92 Å². The van der Waals surface area contributed by atoms with Gasteiger partial charge in [0.25, 0.3) is 5.69 Å². The van der Waals surface area contributed by atoms with Crippen molar-refractivity contribution >= 4 is 18.1 Å². The zero-order valence-electron chi connectivity index (χ0n) is 11.6. The van der Waals surface area contributed by atoms with E-state index in [-0.39, 0.29) is 23.0 Å². The molecule has 0 saturated heterocycles. The molecule has 110 valence electrons. The molecule has 0 N–H and O–H groups in total. The molecule has 3 rings (SSSR count). The van der Waals surface area contributed by atoms with E-state index in [4.69, 9.17) is 0 Å². The third-order valence-electron chi connectivity index (χ3n) is 3.79. The monoisotopic (exact) mass is 304 g/mol. The molecule has 5 heteroatoms. The molecule has 1 aliphatic heterocycles. The molecule has 4 nitrogen and oxygen atoms in total. The molecule has 0 fully saturated rings. The third kappa shape index (κ3) is 3.40. The molecule has 0 spiro atoms. The van der Waals surface area contributed by atoms with Gasteiger partial charge in [-0.05, 0) is 17.5 Å². The fourth-order valence-electron chi connectivity index (χ4n) is 2.75.